The van der Waals surface area contributed by atoms with Crippen molar-refractivity contribution < 1.29 is 19.2 Å². The van der Waals surface area contributed by atoms with Crippen LogP contribution in [-0.4, -0.2) is 56.2 Å². The van der Waals surface area contributed by atoms with Crippen molar-refractivity contribution in [3.8, 4) is 11.5 Å². The quantitative estimate of drug-likeness (QED) is 0.806. The highest BCUT2D eigenvalue weighted by molar-refractivity contribution is 5.84. The summed E-state index contributed by atoms with van der Waals surface area (Å²) < 4.78 is 11.4. The molecule has 2 aliphatic heterocycles. The van der Waals surface area contributed by atoms with Gasteiger partial charge in [-0.1, -0.05) is 30.3 Å². The van der Waals surface area contributed by atoms with Gasteiger partial charge >= 0.3 is 0 Å². The van der Waals surface area contributed by atoms with Crippen LogP contribution < -0.4 is 19.7 Å². The molecule has 1 amide bonds. The summed E-state index contributed by atoms with van der Waals surface area (Å²) in [4.78, 5) is 16.4. The van der Waals surface area contributed by atoms with Crippen molar-refractivity contribution in [1.29, 1.82) is 0 Å². The summed E-state index contributed by atoms with van der Waals surface area (Å²) in [6.07, 6.45) is 0.880. The molecular weight excluding hydrogens is 366 g/mol. The largest absolute Gasteiger partial charge is 0.490 e. The Morgan fingerprint density at radius 1 is 1.07 bits per heavy atom. The maximum Gasteiger partial charge on any atom is 0.245 e. The van der Waals surface area contributed by atoms with Gasteiger partial charge in [0.15, 0.2) is 11.5 Å². The molecule has 1 fully saturated rings. The minimum Gasteiger partial charge on any atom is -0.490 e. The van der Waals surface area contributed by atoms with Gasteiger partial charge in [0, 0.05) is 23.7 Å². The Kier molecular flexibility index (Phi) is 6.20. The predicted octanol–water partition coefficient (Wildman–Crippen LogP) is 1.58. The molecule has 2 aliphatic rings. The van der Waals surface area contributed by atoms with Gasteiger partial charge in [0.2, 0.25) is 5.91 Å². The van der Waals surface area contributed by atoms with Crippen LogP contribution in [0.5, 0.6) is 11.5 Å². The van der Waals surface area contributed by atoms with Crippen LogP contribution in [0.2, 0.25) is 0 Å². The highest BCUT2D eigenvalue weighted by Crippen LogP contribution is 2.32. The number of quaternary nitrogens is 1. The zero-order chi connectivity index (χ0) is 20.1. The van der Waals surface area contributed by atoms with Gasteiger partial charge in [0.05, 0.1) is 39.4 Å². The number of anilines is 1. The molecule has 2 aromatic rings. The maximum atomic E-state index is 12.9. The number of amides is 1. The van der Waals surface area contributed by atoms with Gasteiger partial charge in [-0.25, -0.2) is 0 Å². The van der Waals surface area contributed by atoms with Crippen LogP contribution in [0.3, 0.4) is 0 Å². The lowest BCUT2D eigenvalue weighted by molar-refractivity contribution is -0.917. The van der Waals surface area contributed by atoms with Crippen LogP contribution in [0, 0.1) is 0 Å². The molecule has 1 atom stereocenters. The van der Waals surface area contributed by atoms with Crippen LogP contribution in [0.4, 0.5) is 5.69 Å². The van der Waals surface area contributed by atoms with E-state index in [4.69, 9.17) is 9.47 Å². The van der Waals surface area contributed by atoms with Crippen molar-refractivity contribution >= 4 is 11.6 Å². The van der Waals surface area contributed by atoms with Gasteiger partial charge in [-0.3, -0.25) is 4.79 Å². The second-order valence-corrected chi connectivity index (χ2v) is 7.82. The van der Waals surface area contributed by atoms with Crippen LogP contribution in [0.25, 0.3) is 0 Å². The minimum atomic E-state index is -0.282. The van der Waals surface area contributed by atoms with Crippen molar-refractivity contribution in [3.05, 3.63) is 54.1 Å². The van der Waals surface area contributed by atoms with Crippen molar-refractivity contribution in [2.75, 3.05) is 44.7 Å². The SMILES string of the molecule is C[C@@H](Nc1ccc2c(c1)OCCCO2)C(=O)N1CC[NH+](Cc2ccccc2)CC1. The van der Waals surface area contributed by atoms with E-state index in [0.29, 0.717) is 13.2 Å². The van der Waals surface area contributed by atoms with E-state index < -0.39 is 0 Å². The van der Waals surface area contributed by atoms with Gasteiger partial charge in [0.1, 0.15) is 12.6 Å². The Labute approximate surface area is 172 Å². The molecule has 2 N–H and O–H groups in total. The van der Waals surface area contributed by atoms with Gasteiger partial charge in [-0.15, -0.1) is 0 Å². The third-order valence-corrected chi connectivity index (χ3v) is 5.58. The van der Waals surface area contributed by atoms with E-state index >= 15 is 0 Å². The van der Waals surface area contributed by atoms with E-state index in [9.17, 15) is 4.79 Å². The highest BCUT2D eigenvalue weighted by atomic mass is 16.5. The Bertz CT molecular complexity index is 819. The summed E-state index contributed by atoms with van der Waals surface area (Å²) in [5.74, 6) is 1.66. The average molecular weight is 397 g/mol. The molecule has 2 heterocycles. The minimum absolute atomic E-state index is 0.149. The lowest BCUT2D eigenvalue weighted by atomic mass is 10.2. The average Bonchev–Trinajstić information content (AvgIpc) is 2.99. The van der Waals surface area contributed by atoms with Gasteiger partial charge < -0.3 is 24.6 Å². The number of hydrogen-bond acceptors (Lipinski definition) is 4. The second-order valence-electron chi connectivity index (χ2n) is 7.82. The first-order valence-electron chi connectivity index (χ1n) is 10.5. The number of nitrogens with zero attached hydrogens (tertiary/aromatic N) is 1. The zero-order valence-corrected chi connectivity index (χ0v) is 17.0. The maximum absolute atomic E-state index is 12.9. The topological polar surface area (TPSA) is 55.2 Å². The zero-order valence-electron chi connectivity index (χ0n) is 17.0. The molecule has 4 rings (SSSR count). The van der Waals surface area contributed by atoms with Crippen molar-refractivity contribution in [2.24, 2.45) is 0 Å². The molecule has 0 radical (unpaired) electrons. The first-order chi connectivity index (χ1) is 14.2. The van der Waals surface area contributed by atoms with Crippen LogP contribution in [-0.2, 0) is 11.3 Å². The summed E-state index contributed by atoms with van der Waals surface area (Å²) in [6, 6.07) is 16.1. The Balaban J connectivity index is 1.29. The molecule has 0 unspecified atom stereocenters. The molecule has 0 bridgehead atoms. The molecule has 6 nitrogen and oxygen atoms in total. The van der Waals surface area contributed by atoms with E-state index in [1.807, 2.05) is 36.1 Å². The number of ether oxygens (including phenoxy) is 2. The number of piperazine rings is 1. The Hall–Kier alpha value is -2.73. The number of rotatable bonds is 5. The summed E-state index contributed by atoms with van der Waals surface area (Å²) in [6.45, 7) is 7.84. The molecule has 29 heavy (non-hydrogen) atoms. The van der Waals surface area contributed by atoms with Crippen LogP contribution >= 0.6 is 0 Å². The first-order valence-corrected chi connectivity index (χ1v) is 10.5. The molecule has 1 saturated heterocycles. The lowest BCUT2D eigenvalue weighted by Crippen LogP contribution is -3.13. The number of nitrogens with one attached hydrogen (secondary N) is 2. The van der Waals surface area contributed by atoms with Gasteiger partial charge in [0.25, 0.3) is 0 Å². The molecule has 0 aliphatic carbocycles. The Morgan fingerprint density at radius 3 is 2.55 bits per heavy atom. The molecule has 0 aromatic heterocycles. The van der Waals surface area contributed by atoms with Crippen molar-refractivity contribution in [1.82, 2.24) is 4.90 Å². The highest BCUT2D eigenvalue weighted by Gasteiger charge is 2.27. The predicted molar refractivity (Wildman–Crippen MR) is 113 cm³/mol. The van der Waals surface area contributed by atoms with E-state index in [2.05, 4.69) is 29.6 Å². The lowest BCUT2D eigenvalue weighted by Gasteiger charge is -2.34. The van der Waals surface area contributed by atoms with E-state index in [1.54, 1.807) is 0 Å². The van der Waals surface area contributed by atoms with Gasteiger partial charge in [-0.2, -0.15) is 0 Å². The monoisotopic (exact) mass is 396 g/mol. The summed E-state index contributed by atoms with van der Waals surface area (Å²) in [7, 11) is 0. The van der Waals surface area contributed by atoms with E-state index in [1.165, 1.54) is 10.5 Å². The fraction of sp³-hybridized carbons (Fsp3) is 0.435. The van der Waals surface area contributed by atoms with E-state index in [-0.39, 0.29) is 11.9 Å². The third kappa shape index (κ3) is 5.01. The van der Waals surface area contributed by atoms with Crippen molar-refractivity contribution in [3.63, 3.8) is 0 Å². The number of carbonyl (C=O) groups excluding carboxylic acids is 1. The second kappa shape index (κ2) is 9.18. The molecule has 2 aromatic carbocycles. The smallest absolute Gasteiger partial charge is 0.245 e. The molecular formula is C23H30N3O3+. The van der Waals surface area contributed by atoms with Crippen LogP contribution in [0.15, 0.2) is 48.5 Å². The van der Waals surface area contributed by atoms with Crippen molar-refractivity contribution in [2.45, 2.75) is 25.9 Å². The number of carbonyl (C=O) groups is 1. The Morgan fingerprint density at radius 2 is 1.79 bits per heavy atom. The summed E-state index contributed by atoms with van der Waals surface area (Å²) >= 11 is 0. The van der Waals surface area contributed by atoms with Gasteiger partial charge in [-0.05, 0) is 19.1 Å². The molecule has 0 saturated carbocycles. The summed E-state index contributed by atoms with van der Waals surface area (Å²) in [5, 5.41) is 3.33. The van der Waals surface area contributed by atoms with E-state index in [0.717, 1.165) is 56.3 Å². The first kappa shape index (κ1) is 19.6. The summed E-state index contributed by atoms with van der Waals surface area (Å²) in [5.41, 5.74) is 2.23. The molecule has 0 spiro atoms. The molecule has 154 valence electrons. The third-order valence-electron chi connectivity index (χ3n) is 5.58. The molecule has 6 heteroatoms. The fourth-order valence-corrected chi connectivity index (χ4v) is 3.94. The normalized spacial score (nSPS) is 18.0. The fourth-order valence-electron chi connectivity index (χ4n) is 3.94. The van der Waals surface area contributed by atoms with Crippen LogP contribution in [0.1, 0.15) is 18.9 Å². The number of benzene rings is 2. The number of fused-ring (bicyclic) bond motifs is 1. The number of hydrogen-bond donors (Lipinski definition) is 2. The standard InChI is InChI=1S/C23H29N3O3/c1-18(24-20-8-9-21-22(16-20)29-15-5-14-28-21)23(27)26-12-10-25(11-13-26)17-19-6-3-2-4-7-19/h2-4,6-9,16,18,24H,5,10-15,17H2,1H3/p+1/t18-/m1/s1.